The molecule has 4 aromatic rings. The summed E-state index contributed by atoms with van der Waals surface area (Å²) in [5.41, 5.74) is 5.75. The van der Waals surface area contributed by atoms with E-state index in [4.69, 9.17) is 33.3 Å². The highest BCUT2D eigenvalue weighted by Gasteiger charge is 2.51. The normalized spacial score (nSPS) is 37.1. The summed E-state index contributed by atoms with van der Waals surface area (Å²) in [6.07, 6.45) is -4.05. The zero-order valence-corrected chi connectivity index (χ0v) is 23.5. The van der Waals surface area contributed by atoms with Gasteiger partial charge in [0.05, 0.1) is 37.4 Å². The number of aliphatic hydroxyl groups excluding tert-OH is 1. The van der Waals surface area contributed by atoms with E-state index in [0.717, 1.165) is 6.33 Å². The summed E-state index contributed by atoms with van der Waals surface area (Å²) in [6, 6.07) is 1.59. The van der Waals surface area contributed by atoms with E-state index in [2.05, 4.69) is 24.9 Å². The van der Waals surface area contributed by atoms with Crippen LogP contribution in [0.1, 0.15) is 18.9 Å². The summed E-state index contributed by atoms with van der Waals surface area (Å²) < 4.78 is 61.9. The third-order valence-electron chi connectivity index (χ3n) is 7.26. The lowest BCUT2D eigenvalue weighted by molar-refractivity contribution is -0.0670. The molecule has 3 aliphatic heterocycles. The summed E-state index contributed by atoms with van der Waals surface area (Å²) in [4.78, 5) is 51.9. The number of nitrogens with zero attached hydrogens (tertiary/aromatic N) is 6. The molecular weight excluding hydrogens is 618 g/mol. The number of fused-ring (bicyclic) bond motifs is 5. The first-order valence-electron chi connectivity index (χ1n) is 12.8. The molecule has 7 heterocycles. The third-order valence-corrected chi connectivity index (χ3v) is 9.25. The van der Waals surface area contributed by atoms with E-state index in [9.17, 15) is 28.8 Å². The Balaban J connectivity index is 1.18. The van der Waals surface area contributed by atoms with E-state index in [0.29, 0.717) is 5.39 Å². The van der Waals surface area contributed by atoms with Crippen LogP contribution in [0.2, 0.25) is 0 Å². The second kappa shape index (κ2) is 10.5. The second-order valence-corrected chi connectivity index (χ2v) is 12.8. The lowest BCUT2D eigenvalue weighted by Crippen LogP contribution is -2.36. The Morgan fingerprint density at radius 3 is 2.58 bits per heavy atom. The average molecular weight is 642 g/mol. The Morgan fingerprint density at radius 1 is 0.953 bits per heavy atom. The molecule has 0 amide bonds. The van der Waals surface area contributed by atoms with Crippen LogP contribution in [0, 0.1) is 0 Å². The van der Waals surface area contributed by atoms with Crippen molar-refractivity contribution in [2.45, 2.75) is 49.4 Å². The van der Waals surface area contributed by atoms with Crippen LogP contribution in [-0.2, 0) is 36.7 Å². The minimum absolute atomic E-state index is 0.0159. The van der Waals surface area contributed by atoms with Crippen LogP contribution in [0.4, 0.5) is 5.82 Å². The van der Waals surface area contributed by atoms with E-state index in [1.54, 1.807) is 6.07 Å². The molecule has 3 aliphatic rings. The van der Waals surface area contributed by atoms with Gasteiger partial charge in [-0.3, -0.25) is 27.5 Å². The Hall–Kier alpha value is -3.13. The van der Waals surface area contributed by atoms with Crippen LogP contribution in [0.25, 0.3) is 22.2 Å². The fourth-order valence-electron chi connectivity index (χ4n) is 5.35. The van der Waals surface area contributed by atoms with Crippen LogP contribution in [-0.4, -0.2) is 92.7 Å². The van der Waals surface area contributed by atoms with Crippen LogP contribution in [0.15, 0.2) is 36.0 Å². The maximum absolute atomic E-state index is 13.1. The lowest BCUT2D eigenvalue weighted by Gasteiger charge is -2.25. The summed E-state index contributed by atoms with van der Waals surface area (Å²) in [6.45, 7) is -1.23. The van der Waals surface area contributed by atoms with E-state index < -0.39 is 77.4 Å². The van der Waals surface area contributed by atoms with Crippen molar-refractivity contribution in [2.75, 3.05) is 18.9 Å². The molecule has 0 spiro atoms. The maximum Gasteiger partial charge on any atom is 0.472 e. The Morgan fingerprint density at radius 2 is 1.74 bits per heavy atom. The average Bonchev–Trinajstić information content (AvgIpc) is 3.72. The summed E-state index contributed by atoms with van der Waals surface area (Å²) in [5.74, 6) is 0.173. The topological polar surface area (TPSA) is 271 Å². The van der Waals surface area contributed by atoms with Crippen LogP contribution in [0.3, 0.4) is 0 Å². The van der Waals surface area contributed by atoms with Crippen molar-refractivity contribution in [1.82, 2.24) is 34.1 Å². The first-order valence-corrected chi connectivity index (χ1v) is 15.8. The van der Waals surface area contributed by atoms with Gasteiger partial charge in [0.25, 0.3) is 5.56 Å². The number of H-pyrrole nitrogens is 1. The standard InChI is InChI=1S/C21H24N8O12P2/c22-16-10-1-2-28(17(10)24-6-23-16)21-14(30)15-12(39-21)5-37-42(32,33)40-11-3-9(4-36-43(34,35)41-15)38-20(11)29-8-27-13-18(29)25-7-26-19(13)31/h1-2,6-9,11-12,14-15,20-21,30H,3-5H2,(H,32,33)(H,34,35)(H2,22,23,24)(H,25,26,31)/t9?,11-,12?,14-,15-,20-,21-/m1/s1. The fraction of sp³-hybridized carbons (Fsp3) is 0.476. The molecule has 4 aromatic heterocycles. The van der Waals surface area contributed by atoms with Crippen molar-refractivity contribution in [2.24, 2.45) is 0 Å². The number of anilines is 1. The molecule has 0 aliphatic carbocycles. The van der Waals surface area contributed by atoms with Gasteiger partial charge in [-0.25, -0.2) is 29.1 Å². The number of phosphoric acid groups is 2. The molecule has 230 valence electrons. The van der Waals surface area contributed by atoms with Crippen LogP contribution in [0.5, 0.6) is 0 Å². The number of ether oxygens (including phenoxy) is 2. The number of nitrogens with two attached hydrogens (primary N) is 1. The number of hydrogen-bond donors (Lipinski definition) is 5. The zero-order chi connectivity index (χ0) is 30.1. The van der Waals surface area contributed by atoms with Crippen molar-refractivity contribution in [3.63, 3.8) is 0 Å². The monoisotopic (exact) mass is 642 g/mol. The van der Waals surface area contributed by atoms with Crippen molar-refractivity contribution >= 4 is 43.7 Å². The molecule has 0 saturated carbocycles. The molecule has 7 rings (SSSR count). The predicted molar refractivity (Wildman–Crippen MR) is 140 cm³/mol. The largest absolute Gasteiger partial charge is 0.472 e. The number of aliphatic hydroxyl groups is 1. The maximum atomic E-state index is 13.1. The number of hydrogen-bond acceptors (Lipinski definition) is 15. The van der Waals surface area contributed by atoms with Crippen molar-refractivity contribution in [3.8, 4) is 0 Å². The molecular formula is C21H24N8O12P2. The molecule has 3 fully saturated rings. The third kappa shape index (κ3) is 5.19. The first kappa shape index (κ1) is 28.6. The number of aromatic nitrogens is 7. The van der Waals surface area contributed by atoms with E-state index in [-0.39, 0.29) is 29.0 Å². The van der Waals surface area contributed by atoms with Crippen molar-refractivity contribution in [3.05, 3.63) is 41.6 Å². The van der Waals surface area contributed by atoms with Crippen molar-refractivity contribution < 1.29 is 51.6 Å². The van der Waals surface area contributed by atoms with Gasteiger partial charge in [0.2, 0.25) is 0 Å². The molecule has 22 heteroatoms. The van der Waals surface area contributed by atoms with Crippen molar-refractivity contribution in [1.29, 1.82) is 0 Å². The molecule has 0 aromatic carbocycles. The van der Waals surface area contributed by atoms with Gasteiger partial charge in [0, 0.05) is 12.6 Å². The number of nitrogens with one attached hydrogen (secondary N) is 1. The zero-order valence-electron chi connectivity index (χ0n) is 21.7. The van der Waals surface area contributed by atoms with Gasteiger partial charge in [0.1, 0.15) is 42.2 Å². The fourth-order valence-corrected chi connectivity index (χ4v) is 7.26. The molecule has 0 radical (unpaired) electrons. The number of phosphoric ester groups is 2. The highest BCUT2D eigenvalue weighted by molar-refractivity contribution is 7.47. The van der Waals surface area contributed by atoms with Gasteiger partial charge in [-0.2, -0.15) is 0 Å². The SMILES string of the molecule is Nc1ncnc2c1ccn2[C@@H]1OC2COP(=O)(O)O[C@@H]3CC(COP(=O)(O)O[C@H]2[C@H]1O)O[C@H]3n1cnc2c(=O)[nH]cnc21. The summed E-state index contributed by atoms with van der Waals surface area (Å²) >= 11 is 0. The molecule has 4 unspecified atom stereocenters. The molecule has 3 saturated heterocycles. The highest BCUT2D eigenvalue weighted by Crippen LogP contribution is 2.53. The minimum atomic E-state index is -4.89. The van der Waals surface area contributed by atoms with Crippen LogP contribution < -0.4 is 11.3 Å². The Kier molecular flexibility index (Phi) is 6.99. The van der Waals surface area contributed by atoms with Gasteiger partial charge in [-0.15, -0.1) is 0 Å². The predicted octanol–water partition coefficient (Wildman–Crippen LogP) is -0.290. The number of imidazole rings is 1. The van der Waals surface area contributed by atoms with Gasteiger partial charge >= 0.3 is 15.6 Å². The number of aromatic amines is 1. The quantitative estimate of drug-likeness (QED) is 0.176. The van der Waals surface area contributed by atoms with E-state index in [1.807, 2.05) is 0 Å². The molecule has 6 N–H and O–H groups in total. The van der Waals surface area contributed by atoms with E-state index in [1.165, 1.54) is 28.0 Å². The highest BCUT2D eigenvalue weighted by atomic mass is 31.2. The molecule has 20 nitrogen and oxygen atoms in total. The van der Waals surface area contributed by atoms with Gasteiger partial charge in [-0.1, -0.05) is 0 Å². The molecule has 9 atom stereocenters. The van der Waals surface area contributed by atoms with E-state index >= 15 is 0 Å². The number of rotatable bonds is 2. The second-order valence-electron chi connectivity index (χ2n) is 9.96. The van der Waals surface area contributed by atoms with Gasteiger partial charge in [0.15, 0.2) is 23.6 Å². The van der Waals surface area contributed by atoms with Gasteiger partial charge < -0.3 is 39.7 Å². The summed E-state index contributed by atoms with van der Waals surface area (Å²) in [7, 11) is -9.76. The van der Waals surface area contributed by atoms with Gasteiger partial charge in [-0.05, 0) is 6.07 Å². The lowest BCUT2D eigenvalue weighted by atomic mass is 10.1. The Labute approximate surface area is 239 Å². The Bertz CT molecular complexity index is 1850. The van der Waals surface area contributed by atoms with Crippen LogP contribution >= 0.6 is 15.6 Å². The first-order chi connectivity index (χ1) is 20.5. The molecule has 2 bridgehead atoms. The number of nitrogen functional groups attached to an aromatic ring is 1. The smallest absolute Gasteiger partial charge is 0.386 e. The minimum Gasteiger partial charge on any atom is -0.386 e. The molecule has 43 heavy (non-hydrogen) atoms. The summed E-state index contributed by atoms with van der Waals surface area (Å²) in [5, 5.41) is 11.6.